The van der Waals surface area contributed by atoms with Gasteiger partial charge < -0.3 is 0 Å². The maximum absolute atomic E-state index is 4.84. The van der Waals surface area contributed by atoms with E-state index in [1.165, 1.54) is 21.8 Å². The molecule has 0 N–H and O–H groups in total. The van der Waals surface area contributed by atoms with E-state index in [0.29, 0.717) is 0 Å². The fraction of sp³-hybridized carbons (Fsp3) is 0.318. The first-order chi connectivity index (χ1) is 12.3. The molecule has 0 bridgehead atoms. The van der Waals surface area contributed by atoms with Crippen molar-refractivity contribution < 1.29 is 0 Å². The SMILES string of the molecule is CCCc1cc(SCc2ccccc2)n(CCCc2ccccc2)n1.Cl. The second-order valence-electron chi connectivity index (χ2n) is 6.31. The Morgan fingerprint density at radius 3 is 2.19 bits per heavy atom. The van der Waals surface area contributed by atoms with E-state index in [1.807, 2.05) is 11.8 Å². The summed E-state index contributed by atoms with van der Waals surface area (Å²) in [5, 5.41) is 6.13. The highest BCUT2D eigenvalue weighted by Crippen LogP contribution is 2.24. The minimum Gasteiger partial charge on any atom is -0.259 e. The Balaban J connectivity index is 0.00000243. The number of aryl methyl sites for hydroxylation is 3. The van der Waals surface area contributed by atoms with Gasteiger partial charge in [0.25, 0.3) is 0 Å². The van der Waals surface area contributed by atoms with Crippen LogP contribution in [0.15, 0.2) is 71.8 Å². The number of aromatic nitrogens is 2. The number of nitrogens with zero attached hydrogens (tertiary/aromatic N) is 2. The first kappa shape index (κ1) is 20.6. The topological polar surface area (TPSA) is 17.8 Å². The average molecular weight is 387 g/mol. The van der Waals surface area contributed by atoms with E-state index < -0.39 is 0 Å². The van der Waals surface area contributed by atoms with Gasteiger partial charge >= 0.3 is 0 Å². The summed E-state index contributed by atoms with van der Waals surface area (Å²) in [6.45, 7) is 3.20. The highest BCUT2D eigenvalue weighted by molar-refractivity contribution is 7.98. The number of halogens is 1. The molecule has 0 amide bonds. The maximum Gasteiger partial charge on any atom is 0.0945 e. The molecule has 0 aliphatic carbocycles. The van der Waals surface area contributed by atoms with Gasteiger partial charge in [0.1, 0.15) is 0 Å². The van der Waals surface area contributed by atoms with E-state index >= 15 is 0 Å². The van der Waals surface area contributed by atoms with Gasteiger partial charge in [-0.2, -0.15) is 5.10 Å². The third kappa shape index (κ3) is 6.22. The number of rotatable bonds is 9. The van der Waals surface area contributed by atoms with Crippen LogP contribution in [0.5, 0.6) is 0 Å². The highest BCUT2D eigenvalue weighted by atomic mass is 35.5. The summed E-state index contributed by atoms with van der Waals surface area (Å²) in [4.78, 5) is 0. The summed E-state index contributed by atoms with van der Waals surface area (Å²) in [5.41, 5.74) is 3.99. The molecule has 0 aliphatic rings. The monoisotopic (exact) mass is 386 g/mol. The van der Waals surface area contributed by atoms with Crippen molar-refractivity contribution in [3.05, 3.63) is 83.6 Å². The lowest BCUT2D eigenvalue weighted by molar-refractivity contribution is 0.534. The van der Waals surface area contributed by atoms with Gasteiger partial charge in [0.15, 0.2) is 0 Å². The molecule has 138 valence electrons. The van der Waals surface area contributed by atoms with Crippen molar-refractivity contribution in [2.24, 2.45) is 0 Å². The van der Waals surface area contributed by atoms with E-state index in [-0.39, 0.29) is 12.4 Å². The summed E-state index contributed by atoms with van der Waals surface area (Å²) < 4.78 is 2.21. The maximum atomic E-state index is 4.84. The molecule has 1 heterocycles. The molecule has 0 fully saturated rings. The molecule has 0 unspecified atom stereocenters. The van der Waals surface area contributed by atoms with Gasteiger partial charge in [0.2, 0.25) is 0 Å². The smallest absolute Gasteiger partial charge is 0.0945 e. The average Bonchev–Trinajstić information content (AvgIpc) is 3.04. The molecule has 0 saturated heterocycles. The van der Waals surface area contributed by atoms with E-state index in [0.717, 1.165) is 38.0 Å². The lowest BCUT2D eigenvalue weighted by Crippen LogP contribution is -2.04. The number of hydrogen-bond donors (Lipinski definition) is 0. The largest absolute Gasteiger partial charge is 0.259 e. The van der Waals surface area contributed by atoms with E-state index in [4.69, 9.17) is 5.10 Å². The zero-order valence-electron chi connectivity index (χ0n) is 15.3. The number of hydrogen-bond acceptors (Lipinski definition) is 2. The first-order valence-electron chi connectivity index (χ1n) is 9.12. The van der Waals surface area contributed by atoms with Crippen molar-refractivity contribution in [2.75, 3.05) is 0 Å². The summed E-state index contributed by atoms with van der Waals surface area (Å²) in [6.07, 6.45) is 4.43. The third-order valence-electron chi connectivity index (χ3n) is 4.21. The second-order valence-corrected chi connectivity index (χ2v) is 7.31. The van der Waals surface area contributed by atoms with Crippen LogP contribution in [0.2, 0.25) is 0 Å². The number of thioether (sulfide) groups is 1. The molecule has 1 aromatic heterocycles. The summed E-state index contributed by atoms with van der Waals surface area (Å²) in [7, 11) is 0. The molecule has 2 nitrogen and oxygen atoms in total. The molecule has 0 aliphatic heterocycles. The Morgan fingerprint density at radius 1 is 0.885 bits per heavy atom. The predicted octanol–water partition coefficient (Wildman–Crippen LogP) is 6.18. The molecule has 3 aromatic rings. The second kappa shape index (κ2) is 11.1. The van der Waals surface area contributed by atoms with Crippen LogP contribution in [-0.2, 0) is 25.1 Å². The van der Waals surface area contributed by atoms with Crippen LogP contribution in [0, 0.1) is 0 Å². The fourth-order valence-corrected chi connectivity index (χ4v) is 3.92. The Labute approximate surface area is 167 Å². The van der Waals surface area contributed by atoms with Crippen LogP contribution >= 0.6 is 24.2 Å². The Morgan fingerprint density at radius 2 is 1.54 bits per heavy atom. The van der Waals surface area contributed by atoms with Gasteiger partial charge in [-0.25, -0.2) is 0 Å². The van der Waals surface area contributed by atoms with Crippen molar-refractivity contribution in [3.63, 3.8) is 0 Å². The van der Waals surface area contributed by atoms with Crippen LogP contribution in [0.3, 0.4) is 0 Å². The van der Waals surface area contributed by atoms with E-state index in [9.17, 15) is 0 Å². The normalized spacial score (nSPS) is 10.5. The van der Waals surface area contributed by atoms with E-state index in [2.05, 4.69) is 78.3 Å². The third-order valence-corrected chi connectivity index (χ3v) is 5.31. The highest BCUT2D eigenvalue weighted by Gasteiger charge is 2.08. The standard InChI is InChI=1S/C22H26N2S.ClH/c1-2-10-21-17-22(25-18-20-13-7-4-8-14-20)24(23-21)16-9-15-19-11-5-3-6-12-19;/h3-8,11-14,17H,2,9-10,15-16,18H2,1H3;1H. The quantitative estimate of drug-likeness (QED) is 0.408. The van der Waals surface area contributed by atoms with Crippen LogP contribution in [0.4, 0.5) is 0 Å². The van der Waals surface area contributed by atoms with Gasteiger partial charge in [-0.3, -0.25) is 4.68 Å². The van der Waals surface area contributed by atoms with Crippen molar-refractivity contribution in [1.82, 2.24) is 9.78 Å². The minimum atomic E-state index is 0. The lowest BCUT2D eigenvalue weighted by Gasteiger charge is -2.07. The molecule has 26 heavy (non-hydrogen) atoms. The summed E-state index contributed by atoms with van der Waals surface area (Å²) >= 11 is 1.89. The molecular formula is C22H27ClN2S. The predicted molar refractivity (Wildman–Crippen MR) is 114 cm³/mol. The van der Waals surface area contributed by atoms with Crippen LogP contribution < -0.4 is 0 Å². The molecular weight excluding hydrogens is 360 g/mol. The van der Waals surface area contributed by atoms with Gasteiger partial charge in [0.05, 0.1) is 10.7 Å². The number of benzene rings is 2. The molecule has 2 aromatic carbocycles. The first-order valence-corrected chi connectivity index (χ1v) is 10.1. The fourth-order valence-electron chi connectivity index (χ4n) is 2.91. The molecule has 0 radical (unpaired) electrons. The summed E-state index contributed by atoms with van der Waals surface area (Å²) in [6, 6.07) is 23.7. The molecule has 0 spiro atoms. The van der Waals surface area contributed by atoms with Gasteiger partial charge in [-0.1, -0.05) is 74.0 Å². The summed E-state index contributed by atoms with van der Waals surface area (Å²) in [5.74, 6) is 0.997. The van der Waals surface area contributed by atoms with Gasteiger partial charge in [-0.05, 0) is 36.5 Å². The zero-order valence-corrected chi connectivity index (χ0v) is 16.9. The van der Waals surface area contributed by atoms with Crippen molar-refractivity contribution in [3.8, 4) is 0 Å². The van der Waals surface area contributed by atoms with Crippen LogP contribution in [0.1, 0.15) is 36.6 Å². The Hall–Kier alpha value is -1.71. The van der Waals surface area contributed by atoms with Crippen LogP contribution in [-0.4, -0.2) is 9.78 Å². The molecule has 4 heteroatoms. The van der Waals surface area contributed by atoms with Crippen molar-refractivity contribution >= 4 is 24.2 Å². The molecule has 0 saturated carbocycles. The Bertz CT molecular complexity index is 756. The minimum absolute atomic E-state index is 0. The van der Waals surface area contributed by atoms with Gasteiger partial charge in [0, 0.05) is 12.3 Å². The van der Waals surface area contributed by atoms with Crippen molar-refractivity contribution in [1.29, 1.82) is 0 Å². The Kier molecular flexibility index (Phi) is 8.79. The van der Waals surface area contributed by atoms with E-state index in [1.54, 1.807) is 0 Å². The lowest BCUT2D eigenvalue weighted by atomic mass is 10.1. The molecule has 3 rings (SSSR count). The zero-order chi connectivity index (χ0) is 17.3. The van der Waals surface area contributed by atoms with Gasteiger partial charge in [-0.15, -0.1) is 24.2 Å². The molecule has 0 atom stereocenters. The van der Waals surface area contributed by atoms with Crippen LogP contribution in [0.25, 0.3) is 0 Å². The van der Waals surface area contributed by atoms with Crippen molar-refractivity contribution in [2.45, 2.75) is 49.9 Å².